The lowest BCUT2D eigenvalue weighted by molar-refractivity contribution is -0.117. The van der Waals surface area contributed by atoms with Gasteiger partial charge >= 0.3 is 0 Å². The number of ether oxygens (including phenoxy) is 1. The molecule has 3 rings (SSSR count). The molecule has 6 heteroatoms. The lowest BCUT2D eigenvalue weighted by Crippen LogP contribution is -2.30. The zero-order valence-electron chi connectivity index (χ0n) is 15.5. The Balaban J connectivity index is 1.59. The van der Waals surface area contributed by atoms with Gasteiger partial charge in [-0.2, -0.15) is 0 Å². The number of carbonyl (C=O) groups excluding carboxylic acids is 1. The van der Waals surface area contributed by atoms with Crippen LogP contribution in [0, 0.1) is 0 Å². The number of thiazole rings is 1. The summed E-state index contributed by atoms with van der Waals surface area (Å²) in [6.07, 6.45) is 0.938. The summed E-state index contributed by atoms with van der Waals surface area (Å²) in [5.74, 6) is 1.26. The molecule has 1 heterocycles. The van der Waals surface area contributed by atoms with Crippen molar-refractivity contribution >= 4 is 22.9 Å². The number of benzene rings is 2. The molecule has 0 bridgehead atoms. The van der Waals surface area contributed by atoms with Crippen LogP contribution in [0.15, 0.2) is 60.0 Å². The molecule has 0 atom stereocenters. The van der Waals surface area contributed by atoms with Crippen molar-refractivity contribution in [2.24, 2.45) is 0 Å². The zero-order valence-corrected chi connectivity index (χ0v) is 16.3. The number of hydrogen-bond donors (Lipinski definition) is 1. The van der Waals surface area contributed by atoms with Gasteiger partial charge in [-0.3, -0.25) is 9.69 Å². The van der Waals surface area contributed by atoms with Crippen LogP contribution in [-0.4, -0.2) is 29.4 Å². The molecule has 3 aromatic rings. The molecule has 0 aliphatic rings. The Labute approximate surface area is 163 Å². The van der Waals surface area contributed by atoms with Crippen molar-refractivity contribution in [3.63, 3.8) is 0 Å². The van der Waals surface area contributed by atoms with E-state index in [2.05, 4.69) is 22.6 Å². The minimum atomic E-state index is -0.0902. The van der Waals surface area contributed by atoms with Crippen LogP contribution in [0.1, 0.15) is 17.6 Å². The number of nitrogens with one attached hydrogen (secondary N) is 1. The lowest BCUT2D eigenvalue weighted by Gasteiger charge is -2.16. The molecule has 0 radical (unpaired) electrons. The van der Waals surface area contributed by atoms with Gasteiger partial charge in [-0.05, 0) is 37.7 Å². The highest BCUT2D eigenvalue weighted by Gasteiger charge is 2.12. The summed E-state index contributed by atoms with van der Waals surface area (Å²) in [7, 11) is 1.91. The monoisotopic (exact) mass is 381 g/mol. The van der Waals surface area contributed by atoms with Gasteiger partial charge in [0.25, 0.3) is 0 Å². The second-order valence-electron chi connectivity index (χ2n) is 6.22. The van der Waals surface area contributed by atoms with E-state index in [4.69, 9.17) is 4.74 Å². The third-order valence-corrected chi connectivity index (χ3v) is 4.92. The SMILES string of the molecule is CCc1nc(CN(C)CC(=O)Nc2ccccc2Oc2ccccc2)cs1. The molecule has 1 amide bonds. The van der Waals surface area contributed by atoms with Crippen LogP contribution in [0.3, 0.4) is 0 Å². The molecule has 0 aliphatic carbocycles. The Hall–Kier alpha value is -2.70. The largest absolute Gasteiger partial charge is 0.455 e. The average molecular weight is 382 g/mol. The first-order valence-corrected chi connectivity index (χ1v) is 9.75. The number of aromatic nitrogens is 1. The van der Waals surface area contributed by atoms with Gasteiger partial charge in [-0.25, -0.2) is 4.98 Å². The summed E-state index contributed by atoms with van der Waals surface area (Å²) in [6.45, 7) is 3.01. The number of hydrogen-bond acceptors (Lipinski definition) is 5. The number of likely N-dealkylation sites (N-methyl/N-ethyl adjacent to an activating group) is 1. The van der Waals surface area contributed by atoms with Crippen molar-refractivity contribution in [2.75, 3.05) is 18.9 Å². The molecule has 0 unspecified atom stereocenters. The second kappa shape index (κ2) is 9.30. The van der Waals surface area contributed by atoms with E-state index in [1.54, 1.807) is 11.3 Å². The standard InChI is InChI=1S/C21H23N3O2S/c1-3-21-22-16(15-27-21)13-24(2)14-20(25)23-18-11-7-8-12-19(18)26-17-9-5-4-6-10-17/h4-12,15H,3,13-14H2,1-2H3,(H,23,25). The highest BCUT2D eigenvalue weighted by atomic mass is 32.1. The maximum Gasteiger partial charge on any atom is 0.238 e. The van der Waals surface area contributed by atoms with Crippen LogP contribution in [0.4, 0.5) is 5.69 Å². The maximum absolute atomic E-state index is 12.5. The van der Waals surface area contributed by atoms with E-state index < -0.39 is 0 Å². The van der Waals surface area contributed by atoms with E-state index >= 15 is 0 Å². The van der Waals surface area contributed by atoms with Crippen molar-refractivity contribution in [2.45, 2.75) is 19.9 Å². The fourth-order valence-electron chi connectivity index (χ4n) is 2.63. The fourth-order valence-corrected chi connectivity index (χ4v) is 3.36. The van der Waals surface area contributed by atoms with E-state index in [0.29, 0.717) is 18.0 Å². The van der Waals surface area contributed by atoms with Crippen LogP contribution in [-0.2, 0) is 17.8 Å². The van der Waals surface area contributed by atoms with Crippen LogP contribution >= 0.6 is 11.3 Å². The first-order chi connectivity index (χ1) is 13.1. The van der Waals surface area contributed by atoms with Gasteiger partial charge in [-0.1, -0.05) is 37.3 Å². The highest BCUT2D eigenvalue weighted by Crippen LogP contribution is 2.29. The number of carbonyl (C=O) groups is 1. The third kappa shape index (κ3) is 5.64. The van der Waals surface area contributed by atoms with E-state index in [9.17, 15) is 4.79 Å². The predicted molar refractivity (Wildman–Crippen MR) is 109 cm³/mol. The van der Waals surface area contributed by atoms with Crippen LogP contribution < -0.4 is 10.1 Å². The zero-order chi connectivity index (χ0) is 19.1. The molecule has 0 aliphatic heterocycles. The topological polar surface area (TPSA) is 54.5 Å². The minimum absolute atomic E-state index is 0.0902. The normalized spacial score (nSPS) is 10.8. The van der Waals surface area contributed by atoms with Crippen molar-refractivity contribution < 1.29 is 9.53 Å². The van der Waals surface area contributed by atoms with E-state index in [-0.39, 0.29) is 12.5 Å². The molecule has 27 heavy (non-hydrogen) atoms. The molecule has 0 fully saturated rings. The number of anilines is 1. The predicted octanol–water partition coefficient (Wildman–Crippen LogP) is 4.57. The number of nitrogens with zero attached hydrogens (tertiary/aromatic N) is 2. The summed E-state index contributed by atoms with van der Waals surface area (Å²) in [4.78, 5) is 18.9. The van der Waals surface area contributed by atoms with Gasteiger partial charge in [0.1, 0.15) is 5.75 Å². The molecule has 140 valence electrons. The molecule has 0 spiro atoms. The molecule has 0 saturated carbocycles. The Morgan fingerprint density at radius 2 is 1.89 bits per heavy atom. The van der Waals surface area contributed by atoms with E-state index in [0.717, 1.165) is 22.9 Å². The summed E-state index contributed by atoms with van der Waals surface area (Å²) in [6, 6.07) is 16.9. The number of aryl methyl sites for hydroxylation is 1. The Kier molecular flexibility index (Phi) is 6.57. The van der Waals surface area contributed by atoms with E-state index in [1.807, 2.05) is 66.5 Å². The molecule has 1 N–H and O–H groups in total. The van der Waals surface area contributed by atoms with Crippen molar-refractivity contribution in [1.29, 1.82) is 0 Å². The molecule has 1 aromatic heterocycles. The first kappa shape index (κ1) is 19.1. The van der Waals surface area contributed by atoms with Crippen molar-refractivity contribution in [3.05, 3.63) is 70.7 Å². The van der Waals surface area contributed by atoms with Gasteiger partial charge < -0.3 is 10.1 Å². The Morgan fingerprint density at radius 3 is 2.63 bits per heavy atom. The van der Waals surface area contributed by atoms with Gasteiger partial charge in [0.05, 0.1) is 22.9 Å². The van der Waals surface area contributed by atoms with Gasteiger partial charge in [0.2, 0.25) is 5.91 Å². The van der Waals surface area contributed by atoms with Gasteiger partial charge in [-0.15, -0.1) is 11.3 Å². The van der Waals surface area contributed by atoms with Crippen molar-refractivity contribution in [1.82, 2.24) is 9.88 Å². The average Bonchev–Trinajstić information content (AvgIpc) is 3.11. The molecular formula is C21H23N3O2S. The number of para-hydroxylation sites is 3. The second-order valence-corrected chi connectivity index (χ2v) is 7.16. The Bertz CT molecular complexity index is 880. The molecule has 0 saturated heterocycles. The molecular weight excluding hydrogens is 358 g/mol. The van der Waals surface area contributed by atoms with E-state index in [1.165, 1.54) is 0 Å². The smallest absolute Gasteiger partial charge is 0.238 e. The third-order valence-electron chi connectivity index (χ3n) is 3.88. The summed E-state index contributed by atoms with van der Waals surface area (Å²) >= 11 is 1.66. The summed E-state index contributed by atoms with van der Waals surface area (Å²) < 4.78 is 5.89. The van der Waals surface area contributed by atoms with Crippen molar-refractivity contribution in [3.8, 4) is 11.5 Å². The van der Waals surface area contributed by atoms with Crippen LogP contribution in [0.25, 0.3) is 0 Å². The quantitative estimate of drug-likeness (QED) is 0.621. The van der Waals surface area contributed by atoms with Gasteiger partial charge in [0, 0.05) is 11.9 Å². The van der Waals surface area contributed by atoms with Crippen LogP contribution in [0.2, 0.25) is 0 Å². The lowest BCUT2D eigenvalue weighted by atomic mass is 10.2. The van der Waals surface area contributed by atoms with Gasteiger partial charge in [0.15, 0.2) is 5.75 Å². The Morgan fingerprint density at radius 1 is 1.15 bits per heavy atom. The number of rotatable bonds is 8. The molecule has 2 aromatic carbocycles. The maximum atomic E-state index is 12.5. The fraction of sp³-hybridized carbons (Fsp3) is 0.238. The summed E-state index contributed by atoms with van der Waals surface area (Å²) in [5, 5.41) is 6.11. The number of amides is 1. The summed E-state index contributed by atoms with van der Waals surface area (Å²) in [5.41, 5.74) is 1.65. The highest BCUT2D eigenvalue weighted by molar-refractivity contribution is 7.09. The molecule has 5 nitrogen and oxygen atoms in total. The van der Waals surface area contributed by atoms with Crippen LogP contribution in [0.5, 0.6) is 11.5 Å². The first-order valence-electron chi connectivity index (χ1n) is 8.87. The minimum Gasteiger partial charge on any atom is -0.455 e.